The SMILES string of the molecule is O=C1CC[C@H](Cc2cccc(OS(=O)(=O)O)c2)O1. The van der Waals surface area contributed by atoms with Gasteiger partial charge >= 0.3 is 16.4 Å². The summed E-state index contributed by atoms with van der Waals surface area (Å²) in [6.45, 7) is 0. The van der Waals surface area contributed by atoms with Crippen molar-refractivity contribution in [2.24, 2.45) is 0 Å². The molecule has 6 nitrogen and oxygen atoms in total. The molecule has 0 amide bonds. The van der Waals surface area contributed by atoms with Crippen LogP contribution >= 0.6 is 0 Å². The van der Waals surface area contributed by atoms with Gasteiger partial charge in [-0.3, -0.25) is 9.35 Å². The molecule has 1 aromatic rings. The van der Waals surface area contributed by atoms with E-state index >= 15 is 0 Å². The lowest BCUT2D eigenvalue weighted by atomic mass is 10.1. The van der Waals surface area contributed by atoms with Crippen molar-refractivity contribution in [3.8, 4) is 5.75 Å². The molecule has 2 rings (SSSR count). The van der Waals surface area contributed by atoms with Crippen LogP contribution in [0.4, 0.5) is 0 Å². The summed E-state index contributed by atoms with van der Waals surface area (Å²) in [6.07, 6.45) is 1.38. The number of hydrogen-bond acceptors (Lipinski definition) is 5. The molecule has 1 N–H and O–H groups in total. The first kappa shape index (κ1) is 12.8. The molecule has 1 heterocycles. The van der Waals surface area contributed by atoms with Crippen LogP contribution in [0.3, 0.4) is 0 Å². The van der Waals surface area contributed by atoms with Gasteiger partial charge in [0.25, 0.3) is 0 Å². The Balaban J connectivity index is 2.05. The van der Waals surface area contributed by atoms with Crippen LogP contribution in [-0.2, 0) is 26.4 Å². The third-order valence-corrected chi connectivity index (χ3v) is 2.93. The van der Waals surface area contributed by atoms with Crippen LogP contribution in [0.5, 0.6) is 5.75 Å². The molecule has 1 atom stereocenters. The van der Waals surface area contributed by atoms with Crippen molar-refractivity contribution < 1.29 is 26.7 Å². The maximum Gasteiger partial charge on any atom is 0.446 e. The Bertz CT molecular complexity index is 550. The molecule has 0 bridgehead atoms. The van der Waals surface area contributed by atoms with Crippen LogP contribution in [0.1, 0.15) is 18.4 Å². The lowest BCUT2D eigenvalue weighted by Crippen LogP contribution is -2.11. The number of hydrogen-bond donors (Lipinski definition) is 1. The monoisotopic (exact) mass is 272 g/mol. The first-order valence-electron chi connectivity index (χ1n) is 5.38. The molecule has 0 unspecified atom stereocenters. The van der Waals surface area contributed by atoms with Crippen LogP contribution in [0, 0.1) is 0 Å². The van der Waals surface area contributed by atoms with Gasteiger partial charge in [0, 0.05) is 12.8 Å². The fraction of sp³-hybridized carbons (Fsp3) is 0.364. The quantitative estimate of drug-likeness (QED) is 0.652. The van der Waals surface area contributed by atoms with E-state index in [4.69, 9.17) is 9.29 Å². The largest absolute Gasteiger partial charge is 0.462 e. The van der Waals surface area contributed by atoms with Crippen molar-refractivity contribution >= 4 is 16.4 Å². The molecule has 1 fully saturated rings. The van der Waals surface area contributed by atoms with Crippen molar-refractivity contribution in [3.05, 3.63) is 29.8 Å². The predicted octanol–water partition coefficient (Wildman–Crippen LogP) is 1.12. The fourth-order valence-corrected chi connectivity index (χ4v) is 2.18. The minimum absolute atomic E-state index is 0.0272. The third kappa shape index (κ3) is 3.71. The maximum atomic E-state index is 10.9. The topological polar surface area (TPSA) is 89.9 Å². The van der Waals surface area contributed by atoms with Crippen molar-refractivity contribution in [2.45, 2.75) is 25.4 Å². The van der Waals surface area contributed by atoms with Crippen LogP contribution in [0.2, 0.25) is 0 Å². The van der Waals surface area contributed by atoms with Gasteiger partial charge in [0.15, 0.2) is 0 Å². The zero-order valence-electron chi connectivity index (χ0n) is 9.40. The van der Waals surface area contributed by atoms with Gasteiger partial charge in [0.2, 0.25) is 0 Å². The van der Waals surface area contributed by atoms with Gasteiger partial charge in [-0.1, -0.05) is 12.1 Å². The van der Waals surface area contributed by atoms with Gasteiger partial charge in [-0.2, -0.15) is 8.42 Å². The number of ether oxygens (including phenoxy) is 1. The van der Waals surface area contributed by atoms with Crippen LogP contribution in [0.25, 0.3) is 0 Å². The zero-order chi connectivity index (χ0) is 13.2. The molecular weight excluding hydrogens is 260 g/mol. The Kier molecular flexibility index (Phi) is 3.53. The molecule has 0 aromatic heterocycles. The Labute approximate surface area is 104 Å². The molecule has 1 aliphatic heterocycles. The highest BCUT2D eigenvalue weighted by Crippen LogP contribution is 2.21. The number of rotatable bonds is 4. The van der Waals surface area contributed by atoms with E-state index in [1.165, 1.54) is 12.1 Å². The first-order valence-corrected chi connectivity index (χ1v) is 6.74. The van der Waals surface area contributed by atoms with E-state index in [1.54, 1.807) is 12.1 Å². The van der Waals surface area contributed by atoms with E-state index in [1.807, 2.05) is 0 Å². The molecule has 98 valence electrons. The van der Waals surface area contributed by atoms with Gasteiger partial charge in [0.1, 0.15) is 11.9 Å². The lowest BCUT2D eigenvalue weighted by molar-refractivity contribution is -0.141. The smallest absolute Gasteiger partial charge is 0.446 e. The van der Waals surface area contributed by atoms with Crippen LogP contribution in [-0.4, -0.2) is 25.0 Å². The molecule has 7 heteroatoms. The Morgan fingerprint density at radius 2 is 2.22 bits per heavy atom. The Morgan fingerprint density at radius 1 is 1.44 bits per heavy atom. The standard InChI is InChI=1S/C11H12O6S/c12-11-5-4-9(16-11)6-8-2-1-3-10(7-8)17-18(13,14)15/h1-3,7,9H,4-6H2,(H,13,14,15)/t9-/m1/s1. The zero-order valence-corrected chi connectivity index (χ0v) is 10.2. The van der Waals surface area contributed by atoms with Crippen molar-refractivity contribution in [2.75, 3.05) is 0 Å². The number of cyclic esters (lactones) is 1. The minimum Gasteiger partial charge on any atom is -0.462 e. The molecule has 1 aromatic carbocycles. The Morgan fingerprint density at radius 3 is 2.83 bits per heavy atom. The average Bonchev–Trinajstić information content (AvgIpc) is 2.62. The molecule has 1 saturated heterocycles. The van der Waals surface area contributed by atoms with E-state index < -0.39 is 10.4 Å². The molecule has 1 aliphatic rings. The molecule has 0 saturated carbocycles. The molecule has 0 radical (unpaired) electrons. The highest BCUT2D eigenvalue weighted by molar-refractivity contribution is 7.81. The summed E-state index contributed by atoms with van der Waals surface area (Å²) in [5, 5.41) is 0. The fourth-order valence-electron chi connectivity index (χ4n) is 1.84. The summed E-state index contributed by atoms with van der Waals surface area (Å²) >= 11 is 0. The number of benzene rings is 1. The summed E-state index contributed by atoms with van der Waals surface area (Å²) in [7, 11) is -4.52. The Hall–Kier alpha value is -1.60. The second-order valence-corrected chi connectivity index (χ2v) is 5.04. The first-order chi connectivity index (χ1) is 8.42. The van der Waals surface area contributed by atoms with Crippen molar-refractivity contribution in [1.29, 1.82) is 0 Å². The second kappa shape index (κ2) is 4.95. The third-order valence-electron chi connectivity index (χ3n) is 2.53. The molecular formula is C11H12O6S. The van der Waals surface area contributed by atoms with Gasteiger partial charge in [-0.05, 0) is 24.1 Å². The highest BCUT2D eigenvalue weighted by Gasteiger charge is 2.23. The van der Waals surface area contributed by atoms with E-state index in [-0.39, 0.29) is 17.8 Å². The van der Waals surface area contributed by atoms with Gasteiger partial charge in [0.05, 0.1) is 0 Å². The van der Waals surface area contributed by atoms with E-state index in [9.17, 15) is 13.2 Å². The number of carbonyl (C=O) groups is 1. The lowest BCUT2D eigenvalue weighted by Gasteiger charge is -2.09. The van der Waals surface area contributed by atoms with E-state index in [0.29, 0.717) is 19.3 Å². The minimum atomic E-state index is -4.52. The predicted molar refractivity (Wildman–Crippen MR) is 61.4 cm³/mol. The molecule has 0 spiro atoms. The second-order valence-electron chi connectivity index (χ2n) is 4.01. The van der Waals surface area contributed by atoms with Gasteiger partial charge in [-0.15, -0.1) is 0 Å². The average molecular weight is 272 g/mol. The van der Waals surface area contributed by atoms with Gasteiger partial charge < -0.3 is 8.92 Å². The van der Waals surface area contributed by atoms with Crippen LogP contribution < -0.4 is 4.18 Å². The molecule has 0 aliphatic carbocycles. The van der Waals surface area contributed by atoms with Crippen molar-refractivity contribution in [1.82, 2.24) is 0 Å². The maximum absolute atomic E-state index is 10.9. The number of esters is 1. The summed E-state index contributed by atoms with van der Waals surface area (Å²) < 4.78 is 39.1. The number of carbonyl (C=O) groups excluding carboxylic acids is 1. The highest BCUT2D eigenvalue weighted by atomic mass is 32.3. The summed E-state index contributed by atoms with van der Waals surface area (Å²) in [4.78, 5) is 10.9. The summed E-state index contributed by atoms with van der Waals surface area (Å²) in [6, 6.07) is 6.27. The summed E-state index contributed by atoms with van der Waals surface area (Å²) in [5.41, 5.74) is 0.774. The van der Waals surface area contributed by atoms with E-state index in [0.717, 1.165) is 5.56 Å². The van der Waals surface area contributed by atoms with E-state index in [2.05, 4.69) is 4.18 Å². The van der Waals surface area contributed by atoms with Crippen LogP contribution in [0.15, 0.2) is 24.3 Å². The van der Waals surface area contributed by atoms with Gasteiger partial charge in [-0.25, -0.2) is 0 Å². The normalized spacial score (nSPS) is 19.6. The van der Waals surface area contributed by atoms with Crippen molar-refractivity contribution in [3.63, 3.8) is 0 Å². The molecule has 18 heavy (non-hydrogen) atoms. The summed E-state index contributed by atoms with van der Waals surface area (Å²) in [5.74, 6) is -0.190.